The Kier molecular flexibility index (Phi) is 4.74. The Morgan fingerprint density at radius 1 is 1.05 bits per heavy atom. The molecule has 3 aliphatic rings. The lowest BCUT2D eigenvalue weighted by Gasteiger charge is -2.37. The minimum absolute atomic E-state index is 0.0464. The van der Waals surface area contributed by atoms with Crippen LogP contribution in [0.3, 0.4) is 0 Å². The van der Waals surface area contributed by atoms with E-state index in [9.17, 15) is 17.2 Å². The molecule has 1 saturated carbocycles. The highest BCUT2D eigenvalue weighted by atomic mass is 32.2. The van der Waals surface area contributed by atoms with Crippen molar-refractivity contribution in [2.24, 2.45) is 5.41 Å². The molecule has 0 spiro atoms. The van der Waals surface area contributed by atoms with Gasteiger partial charge in [0, 0.05) is 12.1 Å². The maximum absolute atomic E-state index is 14.5. The number of halogens is 2. The van der Waals surface area contributed by atoms with Crippen LogP contribution in [0.15, 0.2) is 42.9 Å². The van der Waals surface area contributed by atoms with Crippen LogP contribution in [0.1, 0.15) is 61.3 Å². The van der Waals surface area contributed by atoms with E-state index in [2.05, 4.69) is 39.1 Å². The van der Waals surface area contributed by atoms with Gasteiger partial charge >= 0.3 is 0 Å². The fraction of sp³-hybridized carbons (Fsp3) is 0.385. The van der Waals surface area contributed by atoms with Gasteiger partial charge in [-0.15, -0.1) is 10.2 Å². The van der Waals surface area contributed by atoms with Crippen LogP contribution in [0.2, 0.25) is 0 Å². The molecule has 2 aliphatic carbocycles. The summed E-state index contributed by atoms with van der Waals surface area (Å²) in [7, 11) is -3.00. The summed E-state index contributed by atoms with van der Waals surface area (Å²) < 4.78 is 53.7. The summed E-state index contributed by atoms with van der Waals surface area (Å²) in [5, 5.41) is 13.3. The van der Waals surface area contributed by atoms with Crippen LogP contribution >= 0.6 is 0 Å². The molecule has 0 radical (unpaired) electrons. The van der Waals surface area contributed by atoms with E-state index in [1.807, 2.05) is 6.07 Å². The lowest BCUT2D eigenvalue weighted by atomic mass is 9.66. The van der Waals surface area contributed by atoms with Gasteiger partial charge < -0.3 is 0 Å². The molecule has 0 N–H and O–H groups in total. The highest BCUT2D eigenvalue weighted by Gasteiger charge is 2.65. The van der Waals surface area contributed by atoms with Gasteiger partial charge in [0.1, 0.15) is 18.0 Å². The van der Waals surface area contributed by atoms with E-state index in [1.54, 1.807) is 12.3 Å². The number of sulfone groups is 1. The molecule has 12 heteroatoms. The Hall–Kier alpha value is -3.67. The van der Waals surface area contributed by atoms with Crippen LogP contribution < -0.4 is 0 Å². The first-order valence-electron chi connectivity index (χ1n) is 12.4. The molecule has 7 rings (SSSR count). The third-order valence-electron chi connectivity index (χ3n) is 8.67. The molecule has 1 aliphatic heterocycles. The Balaban J connectivity index is 1.30. The van der Waals surface area contributed by atoms with Gasteiger partial charge in [-0.05, 0) is 54.0 Å². The Morgan fingerprint density at radius 2 is 1.82 bits per heavy atom. The van der Waals surface area contributed by atoms with E-state index in [4.69, 9.17) is 4.98 Å². The minimum atomic E-state index is -3.00. The van der Waals surface area contributed by atoms with E-state index < -0.39 is 26.9 Å². The molecule has 38 heavy (non-hydrogen) atoms. The summed E-state index contributed by atoms with van der Waals surface area (Å²) in [6, 6.07) is 7.40. The second-order valence-electron chi connectivity index (χ2n) is 10.9. The molecule has 0 amide bonds. The third kappa shape index (κ3) is 3.09. The van der Waals surface area contributed by atoms with Gasteiger partial charge in [-0.25, -0.2) is 32.2 Å². The molecular formula is C26H23F2N7O2S. The van der Waals surface area contributed by atoms with Crippen molar-refractivity contribution in [3.05, 3.63) is 77.3 Å². The Labute approximate surface area is 217 Å². The lowest BCUT2D eigenvalue weighted by molar-refractivity contribution is 0.242. The molecule has 2 fully saturated rings. The second kappa shape index (κ2) is 7.68. The quantitative estimate of drug-likeness (QED) is 0.390. The highest BCUT2D eigenvalue weighted by molar-refractivity contribution is 7.92. The molecule has 1 saturated heterocycles. The van der Waals surface area contributed by atoms with Crippen molar-refractivity contribution in [1.82, 2.24) is 34.9 Å². The van der Waals surface area contributed by atoms with Crippen molar-refractivity contribution in [2.75, 3.05) is 11.5 Å². The maximum Gasteiger partial charge on any atom is 0.252 e. The molecule has 2 atom stereocenters. The summed E-state index contributed by atoms with van der Waals surface area (Å²) in [5.74, 6) is -0.592. The predicted octanol–water partition coefficient (Wildman–Crippen LogP) is 3.51. The van der Waals surface area contributed by atoms with Crippen molar-refractivity contribution in [3.8, 4) is 17.2 Å². The standard InChI is InChI=1S/C26H23F2N7O2S/c1-25(2)16-6-8-26(25,22-15(16)10-19(32-33-22)21-17(27)4-3-5-18(21)28)20-7-9-29-24(31-20)35-13-30-23(34-35)14-11-38(36,37)12-14/h3-5,7,9-10,13-14,16H,6,8,11-12H2,1-2H3/t16-,26-/m0/s1. The molecule has 9 nitrogen and oxygen atoms in total. The first-order chi connectivity index (χ1) is 18.1. The molecule has 4 heterocycles. The summed E-state index contributed by atoms with van der Waals surface area (Å²) in [4.78, 5) is 13.6. The van der Waals surface area contributed by atoms with Crippen LogP contribution in [0, 0.1) is 17.0 Å². The van der Waals surface area contributed by atoms with Gasteiger partial charge in [-0.2, -0.15) is 9.78 Å². The van der Waals surface area contributed by atoms with Crippen LogP contribution in [-0.2, 0) is 15.3 Å². The van der Waals surface area contributed by atoms with Gasteiger partial charge in [0.15, 0.2) is 15.7 Å². The maximum atomic E-state index is 14.5. The van der Waals surface area contributed by atoms with E-state index in [1.165, 1.54) is 29.2 Å². The SMILES string of the molecule is CC1(C)[C@H]2CC[C@]1(c1ccnc(-n3cnc(C4CS(=O)(=O)C4)n3)n1)c1nnc(-c3c(F)cccc3F)cc12. The van der Waals surface area contributed by atoms with Crippen molar-refractivity contribution in [2.45, 2.75) is 43.9 Å². The van der Waals surface area contributed by atoms with Gasteiger partial charge in [0.05, 0.1) is 39.6 Å². The summed E-state index contributed by atoms with van der Waals surface area (Å²) in [5.41, 5.74) is 1.59. The fourth-order valence-electron chi connectivity index (χ4n) is 6.73. The molecule has 3 aromatic heterocycles. The van der Waals surface area contributed by atoms with Gasteiger partial charge in [0.25, 0.3) is 5.95 Å². The Bertz CT molecular complexity index is 1710. The fourth-order valence-corrected chi connectivity index (χ4v) is 8.15. The molecule has 1 aromatic carbocycles. The number of fused-ring (bicyclic) bond motifs is 5. The molecule has 0 unspecified atom stereocenters. The molecule has 2 bridgehead atoms. The lowest BCUT2D eigenvalue weighted by Crippen LogP contribution is -2.38. The summed E-state index contributed by atoms with van der Waals surface area (Å²) in [6.45, 7) is 4.34. The van der Waals surface area contributed by atoms with Crippen LogP contribution in [-0.4, -0.2) is 54.9 Å². The zero-order chi connectivity index (χ0) is 26.4. The highest BCUT2D eigenvalue weighted by Crippen LogP contribution is 2.69. The number of rotatable bonds is 4. The largest absolute Gasteiger partial charge is 0.252 e. The average molecular weight is 536 g/mol. The number of aromatic nitrogens is 7. The summed E-state index contributed by atoms with van der Waals surface area (Å²) >= 11 is 0. The molecule has 4 aromatic rings. The van der Waals surface area contributed by atoms with E-state index in [0.29, 0.717) is 11.8 Å². The normalized spacial score (nSPS) is 24.8. The number of hydrogen-bond acceptors (Lipinski definition) is 8. The zero-order valence-electron chi connectivity index (χ0n) is 20.6. The van der Waals surface area contributed by atoms with Crippen LogP contribution in [0.4, 0.5) is 8.78 Å². The first-order valence-corrected chi connectivity index (χ1v) is 14.2. The van der Waals surface area contributed by atoms with E-state index >= 15 is 0 Å². The van der Waals surface area contributed by atoms with Crippen LogP contribution in [0.5, 0.6) is 0 Å². The third-order valence-corrected chi connectivity index (χ3v) is 10.5. The number of hydrogen-bond donors (Lipinski definition) is 0. The van der Waals surface area contributed by atoms with E-state index in [0.717, 1.165) is 29.8 Å². The van der Waals surface area contributed by atoms with Crippen molar-refractivity contribution in [1.29, 1.82) is 0 Å². The van der Waals surface area contributed by atoms with Gasteiger partial charge in [0.2, 0.25) is 0 Å². The van der Waals surface area contributed by atoms with E-state index in [-0.39, 0.29) is 40.0 Å². The summed E-state index contributed by atoms with van der Waals surface area (Å²) in [6.07, 6.45) is 4.82. The Morgan fingerprint density at radius 3 is 2.55 bits per heavy atom. The smallest absolute Gasteiger partial charge is 0.229 e. The van der Waals surface area contributed by atoms with Crippen LogP contribution in [0.25, 0.3) is 17.2 Å². The van der Waals surface area contributed by atoms with Crippen molar-refractivity contribution < 1.29 is 17.2 Å². The first kappa shape index (κ1) is 23.4. The topological polar surface area (TPSA) is 116 Å². The molecule has 194 valence electrons. The number of nitrogens with zero attached hydrogens (tertiary/aromatic N) is 7. The van der Waals surface area contributed by atoms with Crippen molar-refractivity contribution >= 4 is 9.84 Å². The predicted molar refractivity (Wildman–Crippen MR) is 132 cm³/mol. The monoisotopic (exact) mass is 535 g/mol. The molecular weight excluding hydrogens is 512 g/mol. The minimum Gasteiger partial charge on any atom is -0.229 e. The zero-order valence-corrected chi connectivity index (χ0v) is 21.5. The average Bonchev–Trinajstić information content (AvgIpc) is 3.51. The van der Waals surface area contributed by atoms with Crippen molar-refractivity contribution in [3.63, 3.8) is 0 Å². The van der Waals surface area contributed by atoms with Gasteiger partial charge in [-0.1, -0.05) is 19.9 Å². The second-order valence-corrected chi connectivity index (χ2v) is 13.1. The van der Waals surface area contributed by atoms with Gasteiger partial charge in [-0.3, -0.25) is 0 Å². The number of benzene rings is 1.